The number of ether oxygens (including phenoxy) is 4. The quantitative estimate of drug-likeness (QED) is 0.207. The summed E-state index contributed by atoms with van der Waals surface area (Å²) in [7, 11) is 2.74. The molecule has 2 aromatic carbocycles. The van der Waals surface area contributed by atoms with Gasteiger partial charge in [-0.05, 0) is 42.0 Å². The van der Waals surface area contributed by atoms with Gasteiger partial charge in [-0.2, -0.15) is 10.5 Å². The molecule has 220 valence electrons. The molecule has 3 rings (SSSR count). The Morgan fingerprint density at radius 1 is 1.00 bits per heavy atom. The first-order valence-corrected chi connectivity index (χ1v) is 13.1. The number of benzene rings is 2. The Morgan fingerprint density at radius 2 is 1.63 bits per heavy atom. The van der Waals surface area contributed by atoms with E-state index in [9.17, 15) is 4.79 Å². The normalized spacial score (nSPS) is 12.1. The lowest BCUT2D eigenvalue weighted by Gasteiger charge is -2.26. The number of hydrogen-bond donors (Lipinski definition) is 1. The van der Waals surface area contributed by atoms with Crippen LogP contribution in [0.25, 0.3) is 0 Å². The van der Waals surface area contributed by atoms with Gasteiger partial charge in [-0.25, -0.2) is 4.39 Å². The van der Waals surface area contributed by atoms with Crippen LogP contribution in [0.1, 0.15) is 73.5 Å². The van der Waals surface area contributed by atoms with Crippen LogP contribution in [-0.2, 0) is 12.0 Å². The molecule has 11 heteroatoms. The number of amidine groups is 1. The van der Waals surface area contributed by atoms with Crippen LogP contribution in [0.5, 0.6) is 23.0 Å². The van der Waals surface area contributed by atoms with Crippen molar-refractivity contribution in [2.75, 3.05) is 34.0 Å². The van der Waals surface area contributed by atoms with Crippen LogP contribution in [0.15, 0.2) is 18.2 Å². The molecule has 0 fully saturated rings. The van der Waals surface area contributed by atoms with Crippen molar-refractivity contribution in [1.82, 2.24) is 4.90 Å². The average Bonchev–Trinajstić information content (AvgIpc) is 3.23. The molecule has 2 aromatic rings. The fraction of sp³-hybridized carbons (Fsp3) is 0.467. The summed E-state index contributed by atoms with van der Waals surface area (Å²) in [6.45, 7) is 6.56. The molecule has 0 saturated carbocycles. The van der Waals surface area contributed by atoms with Crippen molar-refractivity contribution in [3.05, 3.63) is 46.3 Å². The average molecular weight is 632 g/mol. The van der Waals surface area contributed by atoms with Crippen LogP contribution in [-0.4, -0.2) is 50.5 Å². The first-order valence-electron chi connectivity index (χ1n) is 13.1. The Bertz CT molecular complexity index is 1360. The third kappa shape index (κ3) is 7.68. The molecule has 0 saturated heterocycles. The number of fused-ring (bicyclic) bond motifs is 1. The number of nitrogens with zero attached hydrogens (tertiary/aromatic N) is 3. The zero-order valence-electron chi connectivity index (χ0n) is 24.1. The monoisotopic (exact) mass is 630 g/mol. The smallest absolute Gasteiger partial charge is 0.197 e. The Hall–Kier alpha value is -3.83. The van der Waals surface area contributed by atoms with Crippen molar-refractivity contribution in [1.29, 1.82) is 15.9 Å². The van der Waals surface area contributed by atoms with Crippen molar-refractivity contribution >= 4 is 28.6 Å². The van der Waals surface area contributed by atoms with Crippen LogP contribution in [0.4, 0.5) is 4.39 Å². The summed E-state index contributed by atoms with van der Waals surface area (Å²) in [6, 6.07) is 9.20. The number of hydrogen-bond acceptors (Lipinski definition) is 8. The van der Waals surface area contributed by atoms with E-state index < -0.39 is 11.2 Å². The fourth-order valence-electron chi connectivity index (χ4n) is 4.46. The van der Waals surface area contributed by atoms with Gasteiger partial charge in [0.15, 0.2) is 34.6 Å². The molecule has 9 nitrogen and oxygen atoms in total. The number of halogens is 2. The highest BCUT2D eigenvalue weighted by Gasteiger charge is 2.33. The maximum absolute atomic E-state index is 15.2. The minimum Gasteiger partial charge on any atom is -0.493 e. The fourth-order valence-corrected chi connectivity index (χ4v) is 4.46. The Morgan fingerprint density at radius 3 is 2.20 bits per heavy atom. The molecular weight excluding hydrogens is 595 g/mol. The van der Waals surface area contributed by atoms with Gasteiger partial charge in [0.2, 0.25) is 0 Å². The summed E-state index contributed by atoms with van der Waals surface area (Å²) in [5.41, 5.74) is 1.32. The van der Waals surface area contributed by atoms with Gasteiger partial charge in [-0.1, -0.05) is 20.8 Å². The van der Waals surface area contributed by atoms with Crippen LogP contribution in [0.3, 0.4) is 0 Å². The molecule has 0 unspecified atom stereocenters. The van der Waals surface area contributed by atoms with Gasteiger partial charge in [0.1, 0.15) is 5.84 Å². The molecule has 1 aliphatic heterocycles. The molecule has 0 aliphatic carbocycles. The van der Waals surface area contributed by atoms with Crippen molar-refractivity contribution in [2.24, 2.45) is 0 Å². The van der Waals surface area contributed by atoms with E-state index in [1.807, 2.05) is 20.8 Å². The summed E-state index contributed by atoms with van der Waals surface area (Å²) in [5, 5.41) is 26.4. The van der Waals surface area contributed by atoms with E-state index >= 15 is 4.39 Å². The molecule has 0 aromatic heterocycles. The molecular formula is C30H36BrFN4O5. The molecule has 41 heavy (non-hydrogen) atoms. The standard InChI is InChI=1S/C30H35FN4O5.BrH/c1-30(2,3)21-14-19(15-24(39-12-8-6-10-32)27(21)40-13-9-7-11-33)22(36)18-35-17-20-16-23(37-4)28(38-5)26(31)25(20)29(35)34;/h14-16,34H,6-9,12-13,17-18H2,1-5H3;1H. The molecule has 0 atom stereocenters. The highest BCUT2D eigenvalue weighted by molar-refractivity contribution is 8.93. The minimum absolute atomic E-state index is 0. The highest BCUT2D eigenvalue weighted by Crippen LogP contribution is 2.41. The topological polar surface area (TPSA) is 129 Å². The number of nitriles is 2. The van der Waals surface area contributed by atoms with Crippen LogP contribution >= 0.6 is 17.0 Å². The maximum atomic E-state index is 15.2. The summed E-state index contributed by atoms with van der Waals surface area (Å²) in [5.74, 6) is -0.0653. The number of carbonyl (C=O) groups excluding carboxylic acids is 1. The SMILES string of the molecule is Br.COc1cc2c(c(F)c1OC)C(=N)N(CC(=O)c1cc(OCCCC#N)c(OCCCC#N)c(C(C)(C)C)c1)C2. The predicted octanol–water partition coefficient (Wildman–Crippen LogP) is 6.11. The van der Waals surface area contributed by atoms with Crippen LogP contribution in [0, 0.1) is 33.9 Å². The second kappa shape index (κ2) is 14.7. The van der Waals surface area contributed by atoms with E-state index in [2.05, 4.69) is 12.1 Å². The number of rotatable bonds is 13. The van der Waals surface area contributed by atoms with Gasteiger partial charge in [0, 0.05) is 30.5 Å². The summed E-state index contributed by atoms with van der Waals surface area (Å²) in [4.78, 5) is 15.1. The minimum atomic E-state index is -0.697. The molecule has 0 radical (unpaired) electrons. The number of carbonyl (C=O) groups is 1. The third-order valence-corrected chi connectivity index (χ3v) is 6.50. The zero-order valence-corrected chi connectivity index (χ0v) is 25.8. The van der Waals surface area contributed by atoms with Crippen LogP contribution < -0.4 is 18.9 Å². The first kappa shape index (κ1) is 33.4. The molecule has 1 heterocycles. The third-order valence-electron chi connectivity index (χ3n) is 6.50. The Balaban J connectivity index is 0.00000588. The number of ketones is 1. The van der Waals surface area contributed by atoms with Crippen molar-refractivity contribution in [2.45, 2.75) is 58.4 Å². The van der Waals surface area contributed by atoms with E-state index in [-0.39, 0.29) is 65.4 Å². The second-order valence-corrected chi connectivity index (χ2v) is 10.4. The molecule has 0 spiro atoms. The van der Waals surface area contributed by atoms with Crippen molar-refractivity contribution < 1.29 is 28.1 Å². The molecule has 1 aliphatic rings. The number of Topliss-reactive ketones (excluding diaryl/α,β-unsaturated/α-hetero) is 1. The van der Waals surface area contributed by atoms with Gasteiger partial charge < -0.3 is 23.8 Å². The summed E-state index contributed by atoms with van der Waals surface area (Å²) >= 11 is 0. The largest absolute Gasteiger partial charge is 0.493 e. The highest BCUT2D eigenvalue weighted by atomic mass is 79.9. The molecule has 0 bridgehead atoms. The van der Waals surface area contributed by atoms with E-state index in [4.69, 9.17) is 34.9 Å². The van der Waals surface area contributed by atoms with E-state index in [0.29, 0.717) is 54.9 Å². The van der Waals surface area contributed by atoms with Gasteiger partial charge in [0.25, 0.3) is 0 Å². The van der Waals surface area contributed by atoms with E-state index in [0.717, 1.165) is 5.56 Å². The maximum Gasteiger partial charge on any atom is 0.197 e. The van der Waals surface area contributed by atoms with E-state index in [1.54, 1.807) is 18.2 Å². The first-order chi connectivity index (χ1) is 19.1. The van der Waals surface area contributed by atoms with Crippen LogP contribution in [0.2, 0.25) is 0 Å². The lowest BCUT2D eigenvalue weighted by Crippen LogP contribution is -2.30. The molecule has 1 N–H and O–H groups in total. The van der Waals surface area contributed by atoms with Crippen molar-refractivity contribution in [3.63, 3.8) is 0 Å². The zero-order chi connectivity index (χ0) is 29.4. The second-order valence-electron chi connectivity index (χ2n) is 10.4. The van der Waals surface area contributed by atoms with Gasteiger partial charge in [-0.15, -0.1) is 17.0 Å². The summed E-state index contributed by atoms with van der Waals surface area (Å²) < 4.78 is 37.6. The van der Waals surface area contributed by atoms with Gasteiger partial charge in [0.05, 0.1) is 51.7 Å². The predicted molar refractivity (Wildman–Crippen MR) is 157 cm³/mol. The van der Waals surface area contributed by atoms with Crippen molar-refractivity contribution in [3.8, 4) is 35.1 Å². The molecule has 0 amide bonds. The summed E-state index contributed by atoms with van der Waals surface area (Å²) in [6.07, 6.45) is 1.72. The Labute approximate surface area is 251 Å². The lowest BCUT2D eigenvalue weighted by atomic mass is 9.84. The number of methoxy groups -OCH3 is 2. The van der Waals surface area contributed by atoms with Gasteiger partial charge in [-0.3, -0.25) is 10.2 Å². The Kier molecular flexibility index (Phi) is 12.0. The number of unbranched alkanes of at least 4 members (excludes halogenated alkanes) is 2. The van der Waals surface area contributed by atoms with E-state index in [1.165, 1.54) is 19.1 Å². The van der Waals surface area contributed by atoms with Gasteiger partial charge >= 0.3 is 0 Å². The lowest BCUT2D eigenvalue weighted by molar-refractivity contribution is 0.0962. The number of nitrogens with one attached hydrogen (secondary N) is 1.